The summed E-state index contributed by atoms with van der Waals surface area (Å²) in [4.78, 5) is 52.1. The molecule has 0 amide bonds. The summed E-state index contributed by atoms with van der Waals surface area (Å²) in [7, 11) is 0.692. The van der Waals surface area contributed by atoms with Gasteiger partial charge in [-0.25, -0.2) is 9.65 Å². The van der Waals surface area contributed by atoms with Gasteiger partial charge in [-0.15, -0.1) is 0 Å². The Morgan fingerprint density at radius 1 is 0.897 bits per heavy atom. The maximum absolute atomic E-state index is 15.5. The molecule has 6 aromatic rings. The molecule has 7 rings (SSSR count). The molecule has 0 bridgehead atoms. The van der Waals surface area contributed by atoms with E-state index < -0.39 is 62.7 Å². The van der Waals surface area contributed by atoms with Gasteiger partial charge in [-0.2, -0.15) is 10.2 Å². The number of hydrogen-bond acceptors (Lipinski definition) is 16. The minimum absolute atomic E-state index is 0.0384. The molecular formula is C49H56N7O11P. The number of hydrogen-bond donors (Lipinski definition) is 3. The van der Waals surface area contributed by atoms with E-state index >= 15 is 4.79 Å². The number of nitrogen functional groups attached to an aromatic ring is 1. The number of carbonyl (C=O) groups excluding carboxylic acids is 1. The normalized spacial score (nSPS) is 18.2. The van der Waals surface area contributed by atoms with Crippen molar-refractivity contribution in [3.05, 3.63) is 143 Å². The van der Waals surface area contributed by atoms with Gasteiger partial charge in [0.05, 0.1) is 39.6 Å². The van der Waals surface area contributed by atoms with Gasteiger partial charge in [0.25, 0.3) is 14.1 Å². The van der Waals surface area contributed by atoms with Crippen LogP contribution in [0.25, 0.3) is 11.2 Å². The molecule has 1 aliphatic heterocycles. The number of para-hydroxylation sites is 1. The van der Waals surface area contributed by atoms with Gasteiger partial charge in [0.15, 0.2) is 23.5 Å². The third-order valence-electron chi connectivity index (χ3n) is 11.3. The van der Waals surface area contributed by atoms with Gasteiger partial charge in [0.2, 0.25) is 11.7 Å². The van der Waals surface area contributed by atoms with Crippen LogP contribution in [0.2, 0.25) is 0 Å². The lowest BCUT2D eigenvalue weighted by atomic mass is 9.79. The molecule has 0 spiro atoms. The van der Waals surface area contributed by atoms with E-state index in [0.29, 0.717) is 33.9 Å². The van der Waals surface area contributed by atoms with E-state index in [2.05, 4.69) is 15.0 Å². The van der Waals surface area contributed by atoms with E-state index in [-0.39, 0.29) is 49.0 Å². The molecule has 0 radical (unpaired) electrons. The summed E-state index contributed by atoms with van der Waals surface area (Å²) in [6.45, 7) is 6.88. The zero-order valence-corrected chi connectivity index (χ0v) is 39.5. The van der Waals surface area contributed by atoms with Gasteiger partial charge in [-0.05, 0) is 80.8 Å². The van der Waals surface area contributed by atoms with E-state index in [0.717, 1.165) is 0 Å². The van der Waals surface area contributed by atoms with Gasteiger partial charge >= 0.3 is 0 Å². The molecule has 68 heavy (non-hydrogen) atoms. The van der Waals surface area contributed by atoms with E-state index in [4.69, 9.17) is 43.4 Å². The average Bonchev–Trinajstić information content (AvgIpc) is 3.92. The van der Waals surface area contributed by atoms with Crippen LogP contribution in [0, 0.1) is 11.3 Å². The Morgan fingerprint density at radius 3 is 2.06 bits per heavy atom. The van der Waals surface area contributed by atoms with Crippen molar-refractivity contribution in [2.24, 2.45) is 0 Å². The molecule has 2 aromatic heterocycles. The maximum atomic E-state index is 15.5. The molecule has 0 saturated carbocycles. The lowest BCUT2D eigenvalue weighted by molar-refractivity contribution is -0.166. The largest absolute Gasteiger partial charge is 0.497 e. The zero-order chi connectivity index (χ0) is 48.4. The Morgan fingerprint density at radius 2 is 1.49 bits per heavy atom. The van der Waals surface area contributed by atoms with Crippen molar-refractivity contribution in [1.29, 1.82) is 5.26 Å². The number of fused-ring (bicyclic) bond motifs is 1. The molecule has 4 N–H and O–H groups in total. The van der Waals surface area contributed by atoms with Crippen molar-refractivity contribution < 1.29 is 47.4 Å². The van der Waals surface area contributed by atoms with Gasteiger partial charge in [-0.3, -0.25) is 19.1 Å². The molecule has 1 fully saturated rings. The number of aromatic nitrogens is 4. The number of nitrogens with two attached hydrogens (primary N) is 1. The molecule has 358 valence electrons. The molecular weight excluding hydrogens is 894 g/mol. The predicted octanol–water partition coefficient (Wildman–Crippen LogP) is 6.64. The number of ketones is 1. The van der Waals surface area contributed by atoms with Crippen molar-refractivity contribution in [2.45, 2.75) is 82.4 Å². The second kappa shape index (κ2) is 22.7. The minimum atomic E-state index is -2.45. The van der Waals surface area contributed by atoms with Crippen LogP contribution >= 0.6 is 8.53 Å². The number of methoxy groups -OCH3 is 2. The smallest absolute Gasteiger partial charge is 0.280 e. The van der Waals surface area contributed by atoms with Gasteiger partial charge in [-0.1, -0.05) is 72.8 Å². The fourth-order valence-corrected chi connectivity index (χ4v) is 9.66. The highest BCUT2D eigenvalue weighted by atomic mass is 31.2. The average molecular weight is 950 g/mol. The van der Waals surface area contributed by atoms with Gasteiger partial charge in [0, 0.05) is 12.1 Å². The first-order chi connectivity index (χ1) is 32.9. The van der Waals surface area contributed by atoms with Crippen LogP contribution in [0.4, 0.5) is 5.95 Å². The molecule has 4 aromatic carbocycles. The topological polar surface area (TPSA) is 228 Å². The first-order valence-corrected chi connectivity index (χ1v) is 23.2. The van der Waals surface area contributed by atoms with Crippen molar-refractivity contribution in [2.75, 3.05) is 40.0 Å². The predicted molar refractivity (Wildman–Crippen MR) is 253 cm³/mol. The number of nitriles is 1. The highest BCUT2D eigenvalue weighted by Gasteiger charge is 2.56. The number of rotatable bonds is 23. The van der Waals surface area contributed by atoms with E-state index in [1.54, 1.807) is 67.4 Å². The highest BCUT2D eigenvalue weighted by molar-refractivity contribution is 7.43. The van der Waals surface area contributed by atoms with Crippen LogP contribution < -0.4 is 25.5 Å². The fourth-order valence-electron chi connectivity index (χ4n) is 8.31. The van der Waals surface area contributed by atoms with Crippen molar-refractivity contribution in [3.8, 4) is 23.3 Å². The van der Waals surface area contributed by atoms with Crippen LogP contribution in [0.5, 0.6) is 17.2 Å². The summed E-state index contributed by atoms with van der Waals surface area (Å²) in [6, 6.07) is 34.6. The number of nitrogens with zero attached hydrogens (tertiary/aromatic N) is 5. The lowest BCUT2D eigenvalue weighted by Crippen LogP contribution is -2.52. The summed E-state index contributed by atoms with van der Waals surface area (Å²) >= 11 is 0. The standard InChI is InChI=1S/C49H56N7O11P/c1-31(2)56(32(3)4)68(59)67-43-42(65-47(44(43)64-30-62-27-13-26-50)55-29-52-40-45(55)53-48(51)54-46(40)58)41(39(57)28-63-38-16-11-8-12-17-38)66-49(33-14-9-7-10-15-33,34-18-22-36(60-5)23-19-34)35-20-24-37(61-6)25-21-35/h7-12,14-25,29,31-32,41-44,47,59H,13,27-28,30H2,1-6H3,(H3,51,53,54,58)/t41?,42-,43-,44-,47-,68?/m1/s1. The van der Waals surface area contributed by atoms with Crippen LogP contribution in [0.15, 0.2) is 120 Å². The summed E-state index contributed by atoms with van der Waals surface area (Å²) < 4.78 is 54.3. The Hall–Kier alpha value is -6.26. The number of benzene rings is 4. The number of aromatic amines is 1. The molecule has 2 unspecified atom stereocenters. The number of anilines is 1. The lowest BCUT2D eigenvalue weighted by Gasteiger charge is -2.41. The highest BCUT2D eigenvalue weighted by Crippen LogP contribution is 2.50. The summed E-state index contributed by atoms with van der Waals surface area (Å²) in [5.74, 6) is 0.834. The van der Waals surface area contributed by atoms with E-state index in [1.165, 1.54) is 10.9 Å². The number of nitrogens with one attached hydrogen (secondary N) is 1. The molecule has 18 nitrogen and oxygen atoms in total. The van der Waals surface area contributed by atoms with Crippen molar-refractivity contribution in [3.63, 3.8) is 0 Å². The van der Waals surface area contributed by atoms with Crippen LogP contribution in [0.3, 0.4) is 0 Å². The van der Waals surface area contributed by atoms with E-state index in [1.807, 2.05) is 94.4 Å². The Kier molecular flexibility index (Phi) is 16.6. The zero-order valence-electron chi connectivity index (χ0n) is 38.6. The van der Waals surface area contributed by atoms with Crippen molar-refractivity contribution >= 4 is 31.4 Å². The van der Waals surface area contributed by atoms with Crippen LogP contribution in [-0.2, 0) is 33.9 Å². The molecule has 3 heterocycles. The number of H-pyrrole nitrogens is 1. The van der Waals surface area contributed by atoms with Crippen LogP contribution in [-0.4, -0.2) is 106 Å². The number of Topliss-reactive ketones (excluding diaryl/α,β-unsaturated/α-hetero) is 1. The SMILES string of the molecule is COc1ccc(C(OC(C(=O)COc2ccccc2)[C@H]2O[C@@H](n3cnc4c(=O)[nH]c(N)nc43)[C@H](OCOCCC#N)[C@@H]2OP(O)N(C(C)C)C(C)C)(c2ccccc2)c2ccc(OC)cc2)cc1. The molecule has 19 heteroatoms. The van der Waals surface area contributed by atoms with Crippen LogP contribution in [0.1, 0.15) is 57.0 Å². The third-order valence-corrected chi connectivity index (χ3v) is 13.1. The van der Waals surface area contributed by atoms with Gasteiger partial charge < -0.3 is 48.3 Å². The summed E-state index contributed by atoms with van der Waals surface area (Å²) in [6.07, 6.45) is -5.45. The maximum Gasteiger partial charge on any atom is 0.280 e. The summed E-state index contributed by atoms with van der Waals surface area (Å²) in [5.41, 5.74) is 5.73. The second-order valence-corrected chi connectivity index (χ2v) is 17.5. The Bertz CT molecular complexity index is 2610. The monoisotopic (exact) mass is 949 g/mol. The first kappa shape index (κ1) is 49.6. The molecule has 0 aliphatic carbocycles. The third kappa shape index (κ3) is 10.9. The van der Waals surface area contributed by atoms with E-state index in [9.17, 15) is 14.9 Å². The molecule has 1 saturated heterocycles. The Labute approximate surface area is 395 Å². The van der Waals surface area contributed by atoms with Crippen molar-refractivity contribution in [1.82, 2.24) is 24.2 Å². The second-order valence-electron chi connectivity index (χ2n) is 16.3. The number of ether oxygens (including phenoxy) is 7. The fraction of sp³-hybridized carbons (Fsp3) is 0.367. The molecule has 1 aliphatic rings. The number of imidazole rings is 1. The summed E-state index contributed by atoms with van der Waals surface area (Å²) in [5, 5.41) is 9.26. The first-order valence-electron chi connectivity index (χ1n) is 22.0. The number of carbonyl (C=O) groups is 1. The Balaban J connectivity index is 1.47. The van der Waals surface area contributed by atoms with Gasteiger partial charge in [0.1, 0.15) is 54.6 Å². The minimum Gasteiger partial charge on any atom is -0.497 e. The molecule has 6 atom stereocenters. The quantitative estimate of drug-likeness (QED) is 0.0265.